The summed E-state index contributed by atoms with van der Waals surface area (Å²) in [6.07, 6.45) is 1.08. The van der Waals surface area contributed by atoms with E-state index in [2.05, 4.69) is 5.32 Å². The molecule has 0 amide bonds. The van der Waals surface area contributed by atoms with E-state index < -0.39 is 0 Å². The van der Waals surface area contributed by atoms with Crippen LogP contribution in [-0.4, -0.2) is 19.7 Å². The predicted octanol–water partition coefficient (Wildman–Crippen LogP) is 3.37. The zero-order valence-electron chi connectivity index (χ0n) is 8.89. The standard InChI is InChI=1S/C11H15Cl2NO/c1-8(5-6-14-2)15-11-4-3-9(12)7-10(11)13/h3-4,7-8,14H,5-6H2,1-2H3. The third kappa shape index (κ3) is 4.29. The molecule has 0 aliphatic carbocycles. The fourth-order valence-electron chi connectivity index (χ4n) is 1.19. The number of hydrogen-bond acceptors (Lipinski definition) is 2. The van der Waals surface area contributed by atoms with Gasteiger partial charge in [-0.15, -0.1) is 0 Å². The first-order valence-corrected chi connectivity index (χ1v) is 5.65. The van der Waals surface area contributed by atoms with Gasteiger partial charge in [0.2, 0.25) is 0 Å². The fourth-order valence-corrected chi connectivity index (χ4v) is 1.65. The van der Waals surface area contributed by atoms with E-state index in [1.807, 2.05) is 14.0 Å². The Morgan fingerprint density at radius 3 is 2.73 bits per heavy atom. The van der Waals surface area contributed by atoms with Crippen LogP contribution in [0.4, 0.5) is 0 Å². The number of hydrogen-bond donors (Lipinski definition) is 1. The summed E-state index contributed by atoms with van der Waals surface area (Å²) in [4.78, 5) is 0. The minimum Gasteiger partial charge on any atom is -0.489 e. The number of rotatable bonds is 5. The molecule has 84 valence electrons. The topological polar surface area (TPSA) is 21.3 Å². The minimum absolute atomic E-state index is 0.135. The van der Waals surface area contributed by atoms with Gasteiger partial charge in [0.1, 0.15) is 5.75 Å². The van der Waals surface area contributed by atoms with E-state index in [4.69, 9.17) is 27.9 Å². The molecule has 15 heavy (non-hydrogen) atoms. The van der Waals surface area contributed by atoms with Gasteiger partial charge in [0, 0.05) is 5.02 Å². The molecule has 0 saturated heterocycles. The summed E-state index contributed by atoms with van der Waals surface area (Å²) in [6.45, 7) is 2.94. The van der Waals surface area contributed by atoms with Gasteiger partial charge >= 0.3 is 0 Å². The fraction of sp³-hybridized carbons (Fsp3) is 0.455. The molecule has 1 aromatic rings. The molecule has 4 heteroatoms. The van der Waals surface area contributed by atoms with Gasteiger partial charge in [-0.05, 0) is 45.1 Å². The Bertz CT molecular complexity index is 317. The molecule has 0 heterocycles. The largest absolute Gasteiger partial charge is 0.489 e. The van der Waals surface area contributed by atoms with Crippen LogP contribution >= 0.6 is 23.2 Å². The maximum atomic E-state index is 5.98. The average Bonchev–Trinajstić information content (AvgIpc) is 2.19. The summed E-state index contributed by atoms with van der Waals surface area (Å²) in [5.74, 6) is 0.685. The van der Waals surface area contributed by atoms with E-state index in [1.165, 1.54) is 0 Å². The van der Waals surface area contributed by atoms with E-state index in [0.29, 0.717) is 15.8 Å². The molecular formula is C11H15Cl2NO. The molecule has 0 bridgehead atoms. The first-order chi connectivity index (χ1) is 7.13. The van der Waals surface area contributed by atoms with Crippen molar-refractivity contribution >= 4 is 23.2 Å². The molecule has 0 radical (unpaired) electrons. The Hall–Kier alpha value is -0.440. The van der Waals surface area contributed by atoms with Crippen LogP contribution < -0.4 is 10.1 Å². The van der Waals surface area contributed by atoms with Gasteiger partial charge in [0.05, 0.1) is 11.1 Å². The van der Waals surface area contributed by atoms with Crippen LogP contribution in [0.15, 0.2) is 18.2 Å². The normalized spacial score (nSPS) is 12.5. The highest BCUT2D eigenvalue weighted by molar-refractivity contribution is 6.35. The Balaban J connectivity index is 2.56. The molecule has 0 aliphatic rings. The van der Waals surface area contributed by atoms with Crippen LogP contribution in [-0.2, 0) is 0 Å². The van der Waals surface area contributed by atoms with Crippen molar-refractivity contribution in [1.82, 2.24) is 5.32 Å². The second kappa shape index (κ2) is 6.21. The van der Waals surface area contributed by atoms with Crippen molar-refractivity contribution in [3.05, 3.63) is 28.2 Å². The number of nitrogens with one attached hydrogen (secondary N) is 1. The summed E-state index contributed by atoms with van der Waals surface area (Å²) in [5, 5.41) is 4.25. The number of ether oxygens (including phenoxy) is 1. The van der Waals surface area contributed by atoms with Gasteiger partial charge < -0.3 is 10.1 Å². The molecule has 1 unspecified atom stereocenters. The van der Waals surface area contributed by atoms with Crippen LogP contribution in [0.1, 0.15) is 13.3 Å². The van der Waals surface area contributed by atoms with Crippen molar-refractivity contribution in [2.45, 2.75) is 19.4 Å². The van der Waals surface area contributed by atoms with Gasteiger partial charge in [-0.3, -0.25) is 0 Å². The summed E-state index contributed by atoms with van der Waals surface area (Å²) >= 11 is 11.8. The Kier molecular flexibility index (Phi) is 5.23. The highest BCUT2D eigenvalue weighted by Gasteiger charge is 2.07. The monoisotopic (exact) mass is 247 g/mol. The van der Waals surface area contributed by atoms with E-state index >= 15 is 0 Å². The molecule has 1 rings (SSSR count). The molecule has 0 spiro atoms. The third-order valence-electron chi connectivity index (χ3n) is 2.02. The average molecular weight is 248 g/mol. The van der Waals surface area contributed by atoms with Gasteiger partial charge in [0.25, 0.3) is 0 Å². The Morgan fingerprint density at radius 2 is 2.13 bits per heavy atom. The van der Waals surface area contributed by atoms with Crippen molar-refractivity contribution in [2.75, 3.05) is 13.6 Å². The lowest BCUT2D eigenvalue weighted by molar-refractivity contribution is 0.211. The second-order valence-corrected chi connectivity index (χ2v) is 4.24. The molecule has 0 aromatic heterocycles. The molecule has 2 nitrogen and oxygen atoms in total. The van der Waals surface area contributed by atoms with E-state index in [-0.39, 0.29) is 6.10 Å². The zero-order valence-corrected chi connectivity index (χ0v) is 10.4. The quantitative estimate of drug-likeness (QED) is 0.862. The van der Waals surface area contributed by atoms with E-state index in [1.54, 1.807) is 18.2 Å². The van der Waals surface area contributed by atoms with Gasteiger partial charge in [-0.1, -0.05) is 23.2 Å². The maximum Gasteiger partial charge on any atom is 0.138 e. The first-order valence-electron chi connectivity index (χ1n) is 4.89. The molecule has 1 atom stereocenters. The highest BCUT2D eigenvalue weighted by Crippen LogP contribution is 2.28. The molecule has 1 N–H and O–H groups in total. The van der Waals surface area contributed by atoms with Crippen molar-refractivity contribution in [3.63, 3.8) is 0 Å². The molecular weight excluding hydrogens is 233 g/mol. The second-order valence-electron chi connectivity index (χ2n) is 3.40. The summed E-state index contributed by atoms with van der Waals surface area (Å²) in [6, 6.07) is 5.25. The van der Waals surface area contributed by atoms with Gasteiger partial charge in [0.15, 0.2) is 0 Å². The smallest absolute Gasteiger partial charge is 0.138 e. The van der Waals surface area contributed by atoms with Crippen molar-refractivity contribution in [1.29, 1.82) is 0 Å². The van der Waals surface area contributed by atoms with Crippen LogP contribution in [0.25, 0.3) is 0 Å². The van der Waals surface area contributed by atoms with E-state index in [9.17, 15) is 0 Å². The van der Waals surface area contributed by atoms with Crippen LogP contribution in [0.2, 0.25) is 10.0 Å². The highest BCUT2D eigenvalue weighted by atomic mass is 35.5. The van der Waals surface area contributed by atoms with Gasteiger partial charge in [-0.25, -0.2) is 0 Å². The van der Waals surface area contributed by atoms with Crippen molar-refractivity contribution in [2.24, 2.45) is 0 Å². The predicted molar refractivity (Wildman–Crippen MR) is 65.1 cm³/mol. The maximum absolute atomic E-state index is 5.98. The number of benzene rings is 1. The van der Waals surface area contributed by atoms with Crippen LogP contribution in [0.3, 0.4) is 0 Å². The molecule has 0 fully saturated rings. The first kappa shape index (κ1) is 12.6. The Labute approximate surface area is 101 Å². The third-order valence-corrected chi connectivity index (χ3v) is 2.55. The SMILES string of the molecule is CNCCC(C)Oc1ccc(Cl)cc1Cl. The van der Waals surface area contributed by atoms with Gasteiger partial charge in [-0.2, -0.15) is 0 Å². The lowest BCUT2D eigenvalue weighted by Gasteiger charge is -2.15. The number of halogens is 2. The van der Waals surface area contributed by atoms with Crippen LogP contribution in [0, 0.1) is 0 Å². The summed E-state index contributed by atoms with van der Waals surface area (Å²) in [7, 11) is 1.92. The lowest BCUT2D eigenvalue weighted by atomic mass is 10.2. The van der Waals surface area contributed by atoms with Crippen LogP contribution in [0.5, 0.6) is 5.75 Å². The Morgan fingerprint density at radius 1 is 1.40 bits per heavy atom. The summed E-state index contributed by atoms with van der Waals surface area (Å²) < 4.78 is 5.67. The molecule has 1 aromatic carbocycles. The van der Waals surface area contributed by atoms with E-state index in [0.717, 1.165) is 13.0 Å². The molecule has 0 aliphatic heterocycles. The minimum atomic E-state index is 0.135. The summed E-state index contributed by atoms with van der Waals surface area (Å²) in [5.41, 5.74) is 0. The molecule has 0 saturated carbocycles. The van der Waals surface area contributed by atoms with Crippen molar-refractivity contribution in [3.8, 4) is 5.75 Å². The zero-order chi connectivity index (χ0) is 11.3. The van der Waals surface area contributed by atoms with Crippen molar-refractivity contribution < 1.29 is 4.74 Å². The lowest BCUT2D eigenvalue weighted by Crippen LogP contribution is -2.19.